The molecule has 0 spiro atoms. The predicted octanol–water partition coefficient (Wildman–Crippen LogP) is 6.36. The Morgan fingerprint density at radius 2 is 1.91 bits per heavy atom. The van der Waals surface area contributed by atoms with Gasteiger partial charge in [-0.3, -0.25) is 9.69 Å². The summed E-state index contributed by atoms with van der Waals surface area (Å²) < 4.78 is 0. The van der Waals surface area contributed by atoms with Crippen LogP contribution in [0.15, 0.2) is 72.9 Å². The van der Waals surface area contributed by atoms with Gasteiger partial charge in [0, 0.05) is 30.0 Å². The number of aromatic nitrogens is 2. The number of halogens is 1. The quantitative estimate of drug-likeness (QED) is 0.295. The van der Waals surface area contributed by atoms with E-state index in [1.54, 1.807) is 13.8 Å². The van der Waals surface area contributed by atoms with Crippen molar-refractivity contribution in [1.29, 1.82) is 0 Å². The molecule has 0 radical (unpaired) electrons. The van der Waals surface area contributed by atoms with Crippen molar-refractivity contribution in [3.05, 3.63) is 89.1 Å². The Labute approximate surface area is 209 Å². The number of aromatic amines is 1. The molecule has 0 aliphatic carbocycles. The largest absolute Gasteiger partial charge is 0.480 e. The van der Waals surface area contributed by atoms with Gasteiger partial charge in [-0.2, -0.15) is 0 Å². The van der Waals surface area contributed by atoms with Crippen molar-refractivity contribution in [2.75, 3.05) is 11.9 Å². The highest BCUT2D eigenvalue weighted by atomic mass is 35.5. The summed E-state index contributed by atoms with van der Waals surface area (Å²) in [5.74, 6) is -0.101. The fourth-order valence-corrected chi connectivity index (χ4v) is 4.71. The van der Waals surface area contributed by atoms with E-state index >= 15 is 0 Å². The Kier molecular flexibility index (Phi) is 6.09. The van der Waals surface area contributed by atoms with E-state index < -0.39 is 11.5 Å². The van der Waals surface area contributed by atoms with Gasteiger partial charge in [-0.15, -0.1) is 0 Å². The summed E-state index contributed by atoms with van der Waals surface area (Å²) in [6.45, 7) is 4.81. The number of hydrogen-bond donors (Lipinski definition) is 3. The molecule has 178 valence electrons. The van der Waals surface area contributed by atoms with Gasteiger partial charge < -0.3 is 15.4 Å². The minimum absolute atomic E-state index is 0.602. The fraction of sp³-hybridized carbons (Fsp3) is 0.214. The molecule has 0 fully saturated rings. The molecule has 6 nitrogen and oxygen atoms in total. The van der Waals surface area contributed by atoms with Gasteiger partial charge in [0.25, 0.3) is 0 Å². The Bertz CT molecular complexity index is 1380. The number of carboxylic acids is 1. The first kappa shape index (κ1) is 23.1. The zero-order chi connectivity index (χ0) is 24.6. The average molecular weight is 487 g/mol. The Hall–Kier alpha value is -3.61. The van der Waals surface area contributed by atoms with Crippen LogP contribution in [0, 0.1) is 0 Å². The molecule has 7 heteroatoms. The summed E-state index contributed by atoms with van der Waals surface area (Å²) in [5, 5.41) is 13.8. The van der Waals surface area contributed by atoms with E-state index in [-0.39, 0.29) is 0 Å². The van der Waals surface area contributed by atoms with E-state index in [9.17, 15) is 9.90 Å². The second-order valence-corrected chi connectivity index (χ2v) is 9.72. The van der Waals surface area contributed by atoms with Crippen molar-refractivity contribution in [1.82, 2.24) is 14.9 Å². The monoisotopic (exact) mass is 486 g/mol. The van der Waals surface area contributed by atoms with Gasteiger partial charge in [-0.1, -0.05) is 54.1 Å². The molecule has 4 aromatic rings. The van der Waals surface area contributed by atoms with Crippen molar-refractivity contribution >= 4 is 28.9 Å². The van der Waals surface area contributed by atoms with Crippen molar-refractivity contribution in [3.8, 4) is 22.6 Å². The fourth-order valence-electron chi connectivity index (χ4n) is 4.50. The summed E-state index contributed by atoms with van der Waals surface area (Å²) in [4.78, 5) is 21.7. The molecule has 3 aromatic carbocycles. The summed E-state index contributed by atoms with van der Waals surface area (Å²) in [6, 6.07) is 22.0. The number of carboxylic acid groups (broad SMARTS) is 1. The number of carbonyl (C=O) groups is 1. The second-order valence-electron chi connectivity index (χ2n) is 9.31. The lowest BCUT2D eigenvalue weighted by molar-refractivity contribution is -0.150. The molecule has 1 aliphatic rings. The summed E-state index contributed by atoms with van der Waals surface area (Å²) in [6.07, 6.45) is 2.59. The number of nitrogens with one attached hydrogen (secondary N) is 2. The standard InChI is InChI=1S/C28H27ClN4O2/c1-28(2,27(34)35)33-14-13-21-19(17-33)9-6-10-24(21)31-20-11-12-23(29)22(15-20)26-30-16-25(32-26)18-7-4-3-5-8-18/h3-12,15-16,31H,13-14,17H2,1-2H3,(H,30,32)(H,34,35). The smallest absolute Gasteiger partial charge is 0.323 e. The number of rotatable bonds is 6. The van der Waals surface area contributed by atoms with Gasteiger partial charge in [-0.25, -0.2) is 4.98 Å². The third-order valence-electron chi connectivity index (χ3n) is 6.74. The first-order valence-electron chi connectivity index (χ1n) is 11.6. The molecule has 5 rings (SSSR count). The van der Waals surface area contributed by atoms with Gasteiger partial charge in [0.15, 0.2) is 0 Å². The van der Waals surface area contributed by atoms with Gasteiger partial charge in [0.2, 0.25) is 0 Å². The number of imidazole rings is 1. The normalized spacial score (nSPS) is 13.9. The Morgan fingerprint density at radius 3 is 2.69 bits per heavy atom. The van der Waals surface area contributed by atoms with Crippen molar-refractivity contribution < 1.29 is 9.90 Å². The first-order valence-corrected chi connectivity index (χ1v) is 12.0. The number of nitrogens with zero attached hydrogens (tertiary/aromatic N) is 2. The van der Waals surface area contributed by atoms with E-state index in [0.29, 0.717) is 23.9 Å². The van der Waals surface area contributed by atoms with Crippen LogP contribution in [0.1, 0.15) is 25.0 Å². The van der Waals surface area contributed by atoms with Gasteiger partial charge in [0.1, 0.15) is 11.4 Å². The molecule has 1 aliphatic heterocycles. The first-order chi connectivity index (χ1) is 16.8. The highest BCUT2D eigenvalue weighted by molar-refractivity contribution is 6.33. The van der Waals surface area contributed by atoms with Crippen molar-refractivity contribution in [2.45, 2.75) is 32.4 Å². The maximum absolute atomic E-state index is 11.7. The summed E-state index contributed by atoms with van der Waals surface area (Å²) in [5.41, 5.74) is 6.19. The topological polar surface area (TPSA) is 81.2 Å². The molecule has 0 amide bonds. The van der Waals surface area contributed by atoms with Gasteiger partial charge >= 0.3 is 5.97 Å². The average Bonchev–Trinajstić information content (AvgIpc) is 3.35. The number of H-pyrrole nitrogens is 1. The third-order valence-corrected chi connectivity index (χ3v) is 7.07. The molecule has 3 N–H and O–H groups in total. The SMILES string of the molecule is CC(C)(C(=O)O)N1CCc2c(cccc2Nc2ccc(Cl)c(-c3ncc(-c4ccccc4)[nH]3)c2)C1. The van der Waals surface area contributed by atoms with Gasteiger partial charge in [0.05, 0.1) is 16.9 Å². The second kappa shape index (κ2) is 9.21. The van der Waals surface area contributed by atoms with Crippen molar-refractivity contribution in [2.24, 2.45) is 0 Å². The highest BCUT2D eigenvalue weighted by Crippen LogP contribution is 2.34. The third kappa shape index (κ3) is 4.55. The number of aliphatic carboxylic acids is 1. The molecule has 35 heavy (non-hydrogen) atoms. The predicted molar refractivity (Wildman–Crippen MR) is 140 cm³/mol. The lowest BCUT2D eigenvalue weighted by Gasteiger charge is -2.39. The van der Waals surface area contributed by atoms with Crippen LogP contribution in [0.5, 0.6) is 0 Å². The number of benzene rings is 3. The van der Waals surface area contributed by atoms with E-state index in [4.69, 9.17) is 11.6 Å². The number of hydrogen-bond acceptors (Lipinski definition) is 4. The van der Waals surface area contributed by atoms with E-state index in [1.165, 1.54) is 5.56 Å². The van der Waals surface area contributed by atoms with Crippen LogP contribution in [0.3, 0.4) is 0 Å². The van der Waals surface area contributed by atoms with Crippen LogP contribution in [-0.4, -0.2) is 38.0 Å². The van der Waals surface area contributed by atoms with Crippen LogP contribution in [0.25, 0.3) is 22.6 Å². The molecule has 0 unspecified atom stereocenters. The van der Waals surface area contributed by atoms with Crippen LogP contribution >= 0.6 is 11.6 Å². The molecule has 0 saturated carbocycles. The zero-order valence-corrected chi connectivity index (χ0v) is 20.4. The van der Waals surface area contributed by atoms with Crippen LogP contribution in [-0.2, 0) is 17.8 Å². The van der Waals surface area contributed by atoms with E-state index in [0.717, 1.165) is 40.2 Å². The molecule has 2 heterocycles. The van der Waals surface area contributed by atoms with E-state index in [2.05, 4.69) is 27.4 Å². The molecule has 0 atom stereocenters. The Balaban J connectivity index is 1.41. The van der Waals surface area contributed by atoms with E-state index in [1.807, 2.05) is 65.7 Å². The van der Waals surface area contributed by atoms with Crippen LogP contribution < -0.4 is 5.32 Å². The maximum Gasteiger partial charge on any atom is 0.323 e. The molecular weight excluding hydrogens is 460 g/mol. The lowest BCUT2D eigenvalue weighted by Crippen LogP contribution is -2.51. The number of anilines is 2. The molecule has 0 saturated heterocycles. The van der Waals surface area contributed by atoms with Crippen LogP contribution in [0.2, 0.25) is 5.02 Å². The minimum Gasteiger partial charge on any atom is -0.480 e. The lowest BCUT2D eigenvalue weighted by atomic mass is 9.93. The van der Waals surface area contributed by atoms with Crippen molar-refractivity contribution in [3.63, 3.8) is 0 Å². The minimum atomic E-state index is -0.909. The number of fused-ring (bicyclic) bond motifs is 1. The summed E-state index contributed by atoms with van der Waals surface area (Å²) in [7, 11) is 0. The zero-order valence-electron chi connectivity index (χ0n) is 19.7. The maximum atomic E-state index is 11.7. The van der Waals surface area contributed by atoms with Crippen LogP contribution in [0.4, 0.5) is 11.4 Å². The Morgan fingerprint density at radius 1 is 1.11 bits per heavy atom. The molecular formula is C28H27ClN4O2. The summed E-state index contributed by atoms with van der Waals surface area (Å²) >= 11 is 6.55. The molecule has 0 bridgehead atoms. The molecule has 1 aromatic heterocycles. The van der Waals surface area contributed by atoms with Gasteiger partial charge in [-0.05, 0) is 61.2 Å². The highest BCUT2D eigenvalue weighted by Gasteiger charge is 2.36.